The lowest BCUT2D eigenvalue weighted by Gasteiger charge is -2.11. The van der Waals surface area contributed by atoms with Crippen LogP contribution in [0, 0.1) is 0 Å². The van der Waals surface area contributed by atoms with Crippen LogP contribution in [0.3, 0.4) is 0 Å². The Hall–Kier alpha value is -4.02. The Bertz CT molecular complexity index is 1060. The predicted octanol–water partition coefficient (Wildman–Crippen LogP) is 2.49. The minimum absolute atomic E-state index is 0. The molecule has 190 valence electrons. The number of halogens is 2. The Morgan fingerprint density at radius 2 is 1.06 bits per heavy atom. The molecular formula is C24H24Cl2N4O6. The van der Waals surface area contributed by atoms with E-state index in [0.29, 0.717) is 11.1 Å². The van der Waals surface area contributed by atoms with Crippen molar-refractivity contribution in [3.05, 3.63) is 95.6 Å². The number of benzene rings is 1. The Kier molecular flexibility index (Phi) is 13.2. The number of hydrogen-bond donors (Lipinski definition) is 2. The topological polar surface area (TPSA) is 137 Å². The van der Waals surface area contributed by atoms with Crippen molar-refractivity contribution in [1.82, 2.24) is 20.6 Å². The van der Waals surface area contributed by atoms with Gasteiger partial charge in [0.05, 0.1) is 35.3 Å². The lowest BCUT2D eigenvalue weighted by atomic mass is 10.1. The van der Waals surface area contributed by atoms with Gasteiger partial charge in [0.25, 0.3) is 11.8 Å². The van der Waals surface area contributed by atoms with E-state index in [-0.39, 0.29) is 74.1 Å². The number of hydrogen-bond acceptors (Lipinski definition) is 8. The molecule has 36 heavy (non-hydrogen) atoms. The number of nitrogens with one attached hydrogen (secondary N) is 2. The first-order chi connectivity index (χ1) is 16.6. The summed E-state index contributed by atoms with van der Waals surface area (Å²) in [5, 5.41) is 5.22. The first-order valence-electron chi connectivity index (χ1n) is 10.4. The van der Waals surface area contributed by atoms with Crippen LogP contribution in [0.15, 0.2) is 73.3 Å². The highest BCUT2D eigenvalue weighted by atomic mass is 35.5. The fourth-order valence-corrected chi connectivity index (χ4v) is 2.81. The van der Waals surface area contributed by atoms with E-state index in [1.807, 2.05) is 0 Å². The van der Waals surface area contributed by atoms with Crippen molar-refractivity contribution in [3.63, 3.8) is 0 Å². The molecule has 12 heteroatoms. The molecule has 0 aliphatic rings. The predicted molar refractivity (Wildman–Crippen MR) is 135 cm³/mol. The number of carbonyl (C=O) groups excluding carboxylic acids is 4. The monoisotopic (exact) mass is 534 g/mol. The number of amides is 2. The summed E-state index contributed by atoms with van der Waals surface area (Å²) in [6.07, 6.45) is 5.96. The van der Waals surface area contributed by atoms with E-state index in [1.165, 1.54) is 24.5 Å². The molecule has 0 aliphatic heterocycles. The molecule has 0 unspecified atom stereocenters. The van der Waals surface area contributed by atoms with Gasteiger partial charge in [-0.25, -0.2) is 9.59 Å². The molecule has 2 heterocycles. The van der Waals surface area contributed by atoms with Gasteiger partial charge in [-0.05, 0) is 36.4 Å². The third-order valence-electron chi connectivity index (χ3n) is 4.46. The van der Waals surface area contributed by atoms with Crippen molar-refractivity contribution >= 4 is 48.6 Å². The molecule has 0 aliphatic carbocycles. The molecule has 0 spiro atoms. The van der Waals surface area contributed by atoms with Crippen molar-refractivity contribution in [2.24, 2.45) is 0 Å². The minimum Gasteiger partial charge on any atom is -0.460 e. The van der Waals surface area contributed by atoms with Gasteiger partial charge in [0.15, 0.2) is 0 Å². The summed E-state index contributed by atoms with van der Waals surface area (Å²) in [4.78, 5) is 56.6. The molecule has 0 radical (unpaired) electrons. The number of aromatic nitrogens is 2. The molecule has 3 rings (SSSR count). The molecule has 3 aromatic rings. The SMILES string of the molecule is Cl.Cl.O=C(NCCOC(=O)c1ccccc1C(=O)OCCNC(=O)c1cccnc1)c1cccnc1. The van der Waals surface area contributed by atoms with Crippen molar-refractivity contribution < 1.29 is 28.7 Å². The van der Waals surface area contributed by atoms with Gasteiger partial charge in [0.1, 0.15) is 13.2 Å². The molecule has 0 atom stereocenters. The maximum Gasteiger partial charge on any atom is 0.339 e. The second-order valence-corrected chi connectivity index (χ2v) is 6.81. The van der Waals surface area contributed by atoms with Crippen molar-refractivity contribution in [2.45, 2.75) is 0 Å². The molecular weight excluding hydrogens is 511 g/mol. The van der Waals surface area contributed by atoms with Crippen LogP contribution in [0.2, 0.25) is 0 Å². The third-order valence-corrected chi connectivity index (χ3v) is 4.46. The summed E-state index contributed by atoms with van der Waals surface area (Å²) >= 11 is 0. The van der Waals surface area contributed by atoms with Crippen LogP contribution in [0.25, 0.3) is 0 Å². The van der Waals surface area contributed by atoms with Crippen LogP contribution in [0.1, 0.15) is 41.4 Å². The molecule has 2 N–H and O–H groups in total. The summed E-state index contributed by atoms with van der Waals surface area (Å²) in [6, 6.07) is 12.6. The van der Waals surface area contributed by atoms with E-state index in [2.05, 4.69) is 20.6 Å². The zero-order valence-electron chi connectivity index (χ0n) is 18.9. The number of carbonyl (C=O) groups is 4. The first kappa shape index (κ1) is 30.0. The lowest BCUT2D eigenvalue weighted by molar-refractivity contribution is 0.0459. The number of pyridine rings is 2. The van der Waals surface area contributed by atoms with Crippen LogP contribution in [0.4, 0.5) is 0 Å². The summed E-state index contributed by atoms with van der Waals surface area (Å²) in [5.41, 5.74) is 0.841. The smallest absolute Gasteiger partial charge is 0.339 e. The normalized spacial score (nSPS) is 9.56. The van der Waals surface area contributed by atoms with Crippen LogP contribution in [0.5, 0.6) is 0 Å². The standard InChI is InChI=1S/C24H22N4O6.2ClH/c29-21(17-5-3-9-25-15-17)27-11-13-33-23(31)19-7-1-2-8-20(19)24(32)34-14-12-28-22(30)18-6-4-10-26-16-18;;/h1-10,15-16H,11-14H2,(H,27,29)(H,28,30);2*1H. The highest BCUT2D eigenvalue weighted by Gasteiger charge is 2.19. The average molecular weight is 535 g/mol. The Morgan fingerprint density at radius 1 is 0.639 bits per heavy atom. The van der Waals surface area contributed by atoms with Crippen molar-refractivity contribution in [1.29, 1.82) is 0 Å². The summed E-state index contributed by atoms with van der Waals surface area (Å²) in [7, 11) is 0. The van der Waals surface area contributed by atoms with Crippen molar-refractivity contribution in [2.75, 3.05) is 26.3 Å². The van der Waals surface area contributed by atoms with Crippen LogP contribution in [-0.4, -0.2) is 60.0 Å². The van der Waals surface area contributed by atoms with Gasteiger partial charge in [0.2, 0.25) is 0 Å². The van der Waals surface area contributed by atoms with Gasteiger partial charge >= 0.3 is 11.9 Å². The van der Waals surface area contributed by atoms with Gasteiger partial charge in [-0.1, -0.05) is 12.1 Å². The highest BCUT2D eigenvalue weighted by molar-refractivity contribution is 6.03. The summed E-state index contributed by atoms with van der Waals surface area (Å²) in [6.45, 7) is -0.00535. The molecule has 0 fully saturated rings. The van der Waals surface area contributed by atoms with E-state index in [4.69, 9.17) is 9.47 Å². The molecule has 0 bridgehead atoms. The lowest BCUT2D eigenvalue weighted by Crippen LogP contribution is -2.29. The van der Waals surface area contributed by atoms with Crippen molar-refractivity contribution in [3.8, 4) is 0 Å². The van der Waals surface area contributed by atoms with Gasteiger partial charge in [0, 0.05) is 24.8 Å². The van der Waals surface area contributed by atoms with Gasteiger partial charge in [-0.15, -0.1) is 24.8 Å². The van der Waals surface area contributed by atoms with E-state index in [0.717, 1.165) is 0 Å². The highest BCUT2D eigenvalue weighted by Crippen LogP contribution is 2.12. The second kappa shape index (κ2) is 15.8. The molecule has 2 aromatic heterocycles. The maximum absolute atomic E-state index is 12.4. The average Bonchev–Trinajstić information content (AvgIpc) is 2.89. The van der Waals surface area contributed by atoms with E-state index in [1.54, 1.807) is 48.8 Å². The quantitative estimate of drug-likeness (QED) is 0.299. The number of nitrogens with zero attached hydrogens (tertiary/aromatic N) is 2. The van der Waals surface area contributed by atoms with Crippen LogP contribution in [-0.2, 0) is 9.47 Å². The maximum atomic E-state index is 12.4. The van der Waals surface area contributed by atoms with Gasteiger partial charge in [-0.3, -0.25) is 19.6 Å². The second-order valence-electron chi connectivity index (χ2n) is 6.81. The zero-order valence-corrected chi connectivity index (χ0v) is 20.6. The first-order valence-corrected chi connectivity index (χ1v) is 10.4. The fraction of sp³-hybridized carbons (Fsp3) is 0.167. The number of ether oxygens (including phenoxy) is 2. The molecule has 2 amide bonds. The van der Waals surface area contributed by atoms with Crippen LogP contribution < -0.4 is 10.6 Å². The number of rotatable bonds is 10. The molecule has 0 saturated heterocycles. The Labute approximate surface area is 219 Å². The Balaban J connectivity index is 0.00000324. The van der Waals surface area contributed by atoms with E-state index in [9.17, 15) is 19.2 Å². The fourth-order valence-electron chi connectivity index (χ4n) is 2.81. The minimum atomic E-state index is -0.729. The zero-order chi connectivity index (χ0) is 24.2. The molecule has 0 saturated carbocycles. The number of esters is 2. The summed E-state index contributed by atoms with van der Waals surface area (Å²) < 4.78 is 10.3. The molecule has 10 nitrogen and oxygen atoms in total. The third kappa shape index (κ3) is 8.97. The summed E-state index contributed by atoms with van der Waals surface area (Å²) in [5.74, 6) is -2.14. The van der Waals surface area contributed by atoms with Gasteiger partial charge in [-0.2, -0.15) is 0 Å². The van der Waals surface area contributed by atoms with Gasteiger partial charge < -0.3 is 20.1 Å². The van der Waals surface area contributed by atoms with E-state index < -0.39 is 11.9 Å². The molecule has 1 aromatic carbocycles. The van der Waals surface area contributed by atoms with E-state index >= 15 is 0 Å². The Morgan fingerprint density at radius 3 is 1.42 bits per heavy atom. The largest absolute Gasteiger partial charge is 0.460 e. The van der Waals surface area contributed by atoms with Crippen LogP contribution >= 0.6 is 24.8 Å².